The van der Waals surface area contributed by atoms with Gasteiger partial charge in [0.25, 0.3) is 0 Å². The molecule has 0 saturated carbocycles. The highest BCUT2D eigenvalue weighted by Crippen LogP contribution is 2.33. The van der Waals surface area contributed by atoms with Gasteiger partial charge in [0, 0.05) is 12.3 Å². The molecule has 0 bridgehead atoms. The molecule has 0 aliphatic heterocycles. The normalized spacial score (nSPS) is 10.0. The van der Waals surface area contributed by atoms with Gasteiger partial charge in [-0.05, 0) is 12.1 Å². The molecule has 0 fully saturated rings. The van der Waals surface area contributed by atoms with E-state index in [2.05, 4.69) is 15.4 Å². The van der Waals surface area contributed by atoms with Gasteiger partial charge in [-0.1, -0.05) is 6.07 Å². The molecule has 0 radical (unpaired) electrons. The van der Waals surface area contributed by atoms with Gasteiger partial charge < -0.3 is 4.74 Å². The van der Waals surface area contributed by atoms with E-state index in [0.29, 0.717) is 29.1 Å². The van der Waals surface area contributed by atoms with Crippen LogP contribution >= 0.6 is 0 Å². The molecule has 2 aromatic rings. The Morgan fingerprint density at radius 1 is 1.32 bits per heavy atom. The summed E-state index contributed by atoms with van der Waals surface area (Å²) in [5.41, 5.74) is 4.59. The summed E-state index contributed by atoms with van der Waals surface area (Å²) in [4.78, 5) is 24.3. The first-order chi connectivity index (χ1) is 9.30. The van der Waals surface area contributed by atoms with Crippen LogP contribution in [0.15, 0.2) is 30.5 Å². The number of carbonyl (C=O) groups excluding carboxylic acids is 1. The minimum absolute atomic E-state index is 0.263. The molecule has 2 heterocycles. The zero-order valence-electron chi connectivity index (χ0n) is 10.6. The van der Waals surface area contributed by atoms with E-state index >= 15 is 0 Å². The van der Waals surface area contributed by atoms with Crippen molar-refractivity contribution in [3.8, 4) is 17.1 Å². The third kappa shape index (κ3) is 2.69. The summed E-state index contributed by atoms with van der Waals surface area (Å²) in [7, 11) is 2.99. The Morgan fingerprint density at radius 2 is 2.16 bits per heavy atom. The lowest BCUT2D eigenvalue weighted by atomic mass is 10.2. The van der Waals surface area contributed by atoms with Gasteiger partial charge in [0.05, 0.1) is 19.9 Å². The fourth-order valence-electron chi connectivity index (χ4n) is 1.65. The van der Waals surface area contributed by atoms with E-state index in [1.165, 1.54) is 20.3 Å². The number of rotatable bonds is 5. The second kappa shape index (κ2) is 5.92. The second-order valence-corrected chi connectivity index (χ2v) is 3.61. The Balaban J connectivity index is 2.65. The highest BCUT2D eigenvalue weighted by atomic mass is 16.6. The van der Waals surface area contributed by atoms with Crippen LogP contribution in [-0.2, 0) is 4.84 Å². The second-order valence-electron chi connectivity index (χ2n) is 3.61. The molecule has 6 heteroatoms. The molecule has 0 spiro atoms. The highest BCUT2D eigenvalue weighted by molar-refractivity contribution is 5.82. The van der Waals surface area contributed by atoms with Crippen molar-refractivity contribution in [2.45, 2.75) is 0 Å². The number of aldehydes is 1. The van der Waals surface area contributed by atoms with Crippen LogP contribution in [0.1, 0.15) is 10.5 Å². The van der Waals surface area contributed by atoms with Gasteiger partial charge in [-0.3, -0.25) is 20.1 Å². The predicted molar refractivity (Wildman–Crippen MR) is 70.0 cm³/mol. The number of hydrogen-bond acceptors (Lipinski definition) is 6. The molecule has 6 nitrogen and oxygen atoms in total. The monoisotopic (exact) mass is 259 g/mol. The van der Waals surface area contributed by atoms with Gasteiger partial charge in [0.1, 0.15) is 22.8 Å². The Kier molecular flexibility index (Phi) is 4.04. The standard InChI is InChI=1S/C13H13N3O3/c1-18-11-7-9(8-17)15-12(13(11)16-19-2)10-5-3-4-6-14-10/h3-8,16H,1-2H3. The quantitative estimate of drug-likeness (QED) is 0.653. The average Bonchev–Trinajstić information content (AvgIpc) is 2.48. The van der Waals surface area contributed by atoms with Gasteiger partial charge in [-0.15, -0.1) is 0 Å². The maximum Gasteiger partial charge on any atom is 0.168 e. The Labute approximate surface area is 110 Å². The molecule has 0 aromatic carbocycles. The SMILES string of the molecule is CONc1c(OC)cc(C=O)nc1-c1ccccn1. The number of methoxy groups -OCH3 is 1. The highest BCUT2D eigenvalue weighted by Gasteiger charge is 2.15. The number of anilines is 1. The van der Waals surface area contributed by atoms with Crippen molar-refractivity contribution in [1.29, 1.82) is 0 Å². The van der Waals surface area contributed by atoms with Crippen molar-refractivity contribution in [3.05, 3.63) is 36.2 Å². The molecule has 2 rings (SSSR count). The maximum atomic E-state index is 10.9. The van der Waals surface area contributed by atoms with Crippen LogP contribution in [0.4, 0.5) is 5.69 Å². The average molecular weight is 259 g/mol. The van der Waals surface area contributed by atoms with Crippen LogP contribution in [0.3, 0.4) is 0 Å². The summed E-state index contributed by atoms with van der Waals surface area (Å²) < 4.78 is 5.23. The van der Waals surface area contributed by atoms with E-state index < -0.39 is 0 Å². The summed E-state index contributed by atoms with van der Waals surface area (Å²) in [5.74, 6) is 0.458. The summed E-state index contributed by atoms with van der Waals surface area (Å²) in [5, 5.41) is 0. The van der Waals surface area contributed by atoms with Gasteiger partial charge in [0.15, 0.2) is 6.29 Å². The first-order valence-electron chi connectivity index (χ1n) is 5.54. The largest absolute Gasteiger partial charge is 0.494 e. The lowest BCUT2D eigenvalue weighted by Gasteiger charge is -2.13. The van der Waals surface area contributed by atoms with Gasteiger partial charge in [0.2, 0.25) is 0 Å². The van der Waals surface area contributed by atoms with Crippen LogP contribution < -0.4 is 10.2 Å². The minimum atomic E-state index is 0.263. The molecule has 2 aromatic heterocycles. The van der Waals surface area contributed by atoms with E-state index in [-0.39, 0.29) is 5.69 Å². The van der Waals surface area contributed by atoms with Crippen molar-refractivity contribution < 1.29 is 14.4 Å². The number of aromatic nitrogens is 2. The molecule has 0 amide bonds. The number of carbonyl (C=O) groups is 1. The van der Waals surface area contributed by atoms with Crippen LogP contribution in [0.2, 0.25) is 0 Å². The Bertz CT molecular complexity index is 573. The molecule has 0 unspecified atom stereocenters. The van der Waals surface area contributed by atoms with E-state index in [1.54, 1.807) is 18.3 Å². The molecule has 0 atom stereocenters. The van der Waals surface area contributed by atoms with Crippen molar-refractivity contribution in [3.63, 3.8) is 0 Å². The fourth-order valence-corrected chi connectivity index (χ4v) is 1.65. The first kappa shape index (κ1) is 13.0. The van der Waals surface area contributed by atoms with Crippen LogP contribution in [0.25, 0.3) is 11.4 Å². The Hall–Kier alpha value is -2.47. The molecule has 19 heavy (non-hydrogen) atoms. The van der Waals surface area contributed by atoms with Crippen LogP contribution in [0.5, 0.6) is 5.75 Å². The molecule has 0 saturated heterocycles. The number of ether oxygens (including phenoxy) is 1. The van der Waals surface area contributed by atoms with Gasteiger partial charge >= 0.3 is 0 Å². The zero-order valence-corrected chi connectivity index (χ0v) is 10.6. The molecule has 98 valence electrons. The van der Waals surface area contributed by atoms with Gasteiger partial charge in [-0.25, -0.2) is 4.98 Å². The summed E-state index contributed by atoms with van der Waals surface area (Å²) in [6, 6.07) is 6.95. The topological polar surface area (TPSA) is 73.3 Å². The molecule has 1 N–H and O–H groups in total. The molecule has 0 aliphatic carbocycles. The smallest absolute Gasteiger partial charge is 0.168 e. The lowest BCUT2D eigenvalue weighted by Crippen LogP contribution is -2.05. The number of hydrogen-bond donors (Lipinski definition) is 1. The van der Waals surface area contributed by atoms with E-state index in [9.17, 15) is 4.79 Å². The minimum Gasteiger partial charge on any atom is -0.494 e. The summed E-state index contributed by atoms with van der Waals surface area (Å²) in [6.07, 6.45) is 2.30. The lowest BCUT2D eigenvalue weighted by molar-refractivity contribution is 0.111. The molecular weight excluding hydrogens is 246 g/mol. The molecular formula is C13H13N3O3. The number of nitrogens with one attached hydrogen (secondary N) is 1. The van der Waals surface area contributed by atoms with Crippen molar-refractivity contribution in [2.75, 3.05) is 19.7 Å². The van der Waals surface area contributed by atoms with Crippen LogP contribution in [0, 0.1) is 0 Å². The van der Waals surface area contributed by atoms with Crippen molar-refractivity contribution in [2.24, 2.45) is 0 Å². The fraction of sp³-hybridized carbons (Fsp3) is 0.154. The third-order valence-electron chi connectivity index (χ3n) is 2.46. The van der Waals surface area contributed by atoms with Gasteiger partial charge in [-0.2, -0.15) is 0 Å². The zero-order chi connectivity index (χ0) is 13.7. The van der Waals surface area contributed by atoms with Crippen molar-refractivity contribution in [1.82, 2.24) is 9.97 Å². The number of nitrogens with zero attached hydrogens (tertiary/aromatic N) is 2. The molecule has 0 aliphatic rings. The maximum absolute atomic E-state index is 10.9. The van der Waals surface area contributed by atoms with E-state index in [1.807, 2.05) is 6.07 Å². The number of pyridine rings is 2. The van der Waals surface area contributed by atoms with Crippen molar-refractivity contribution >= 4 is 12.0 Å². The summed E-state index contributed by atoms with van der Waals surface area (Å²) in [6.45, 7) is 0. The third-order valence-corrected chi connectivity index (χ3v) is 2.46. The first-order valence-corrected chi connectivity index (χ1v) is 5.54. The van der Waals surface area contributed by atoms with E-state index in [0.717, 1.165) is 0 Å². The van der Waals surface area contributed by atoms with E-state index in [4.69, 9.17) is 9.57 Å². The summed E-state index contributed by atoms with van der Waals surface area (Å²) >= 11 is 0. The Morgan fingerprint density at radius 3 is 2.74 bits per heavy atom. The predicted octanol–water partition coefficient (Wildman–Crippen LogP) is 1.94. The van der Waals surface area contributed by atoms with Crippen LogP contribution in [-0.4, -0.2) is 30.5 Å².